The van der Waals surface area contributed by atoms with Crippen LogP contribution < -0.4 is 46.9 Å². The molecule has 564 valence electrons. The van der Waals surface area contributed by atoms with Crippen molar-refractivity contribution in [1.82, 2.24) is 15.0 Å². The van der Waals surface area contributed by atoms with Crippen molar-refractivity contribution in [3.8, 4) is 0 Å². The van der Waals surface area contributed by atoms with Crippen molar-refractivity contribution >= 4 is 177 Å². The van der Waals surface area contributed by atoms with Crippen molar-refractivity contribution in [1.29, 1.82) is 0 Å². The Hall–Kier alpha value is -12.6. The molecule has 0 aliphatic carbocycles. The molecular formula is C91H95B5N13O5+5. The summed E-state index contributed by atoms with van der Waals surface area (Å²) >= 11 is 0. The summed E-state index contributed by atoms with van der Waals surface area (Å²) in [6.07, 6.45) is 20.5. The molecule has 0 bridgehead atoms. The number of anilines is 10. The van der Waals surface area contributed by atoms with Crippen LogP contribution in [0.4, 0.5) is 58.5 Å². The highest BCUT2D eigenvalue weighted by Gasteiger charge is 2.44. The topological polar surface area (TPSA) is 140 Å². The minimum atomic E-state index is -2.29. The van der Waals surface area contributed by atoms with E-state index in [0.717, 1.165) is 95.7 Å². The summed E-state index contributed by atoms with van der Waals surface area (Å²) in [5.74, 6) is 17.8. The maximum absolute atomic E-state index is 8.04. The van der Waals surface area contributed by atoms with Gasteiger partial charge in [0.1, 0.15) is 11.2 Å². The van der Waals surface area contributed by atoms with Crippen LogP contribution in [0.5, 0.6) is 0 Å². The maximum atomic E-state index is 8.04. The number of aromatic nitrogens is 8. The van der Waals surface area contributed by atoms with Crippen molar-refractivity contribution in [2.45, 2.75) is 96.1 Å². The second-order valence-corrected chi connectivity index (χ2v) is 29.8. The molecule has 18 nitrogen and oxygen atoms in total. The van der Waals surface area contributed by atoms with Crippen molar-refractivity contribution < 1.29 is 65.5 Å². The van der Waals surface area contributed by atoms with Gasteiger partial charge in [-0.2, -0.15) is 0 Å². The van der Waals surface area contributed by atoms with E-state index in [9.17, 15) is 0 Å². The molecule has 5 aliphatic heterocycles. The second-order valence-electron chi connectivity index (χ2n) is 29.8. The highest BCUT2D eigenvalue weighted by molar-refractivity contribution is 6.72. The van der Waals surface area contributed by atoms with Gasteiger partial charge in [0.2, 0.25) is 17.1 Å². The molecule has 0 atom stereocenters. The van der Waals surface area contributed by atoms with E-state index in [2.05, 4.69) is 140 Å². The summed E-state index contributed by atoms with van der Waals surface area (Å²) in [7, 11) is 9.51. The Morgan fingerprint density at radius 1 is 0.333 bits per heavy atom. The molecule has 15 aromatic rings. The number of para-hydroxylation sites is 2. The number of hydrogen-bond acceptors (Lipinski definition) is 13. The molecular weight excluding hydrogens is 1410 g/mol. The van der Waals surface area contributed by atoms with Crippen LogP contribution in [0.25, 0.3) is 84.6 Å². The summed E-state index contributed by atoms with van der Waals surface area (Å²) in [6.45, 7) is 6.88. The van der Waals surface area contributed by atoms with Crippen LogP contribution in [0, 0.1) is 48.3 Å². The van der Waals surface area contributed by atoms with Gasteiger partial charge in [-0.25, -0.2) is 37.8 Å². The van der Waals surface area contributed by atoms with Gasteiger partial charge in [0.25, 0.3) is 58.5 Å². The number of furan rings is 5. The van der Waals surface area contributed by atoms with Crippen LogP contribution in [0.3, 0.4) is 0 Å². The Bertz CT molecular complexity index is 7090. The van der Waals surface area contributed by atoms with Crippen molar-refractivity contribution in [2.75, 3.05) is 24.1 Å². The fraction of sp³-hybridized carbons (Fsp3) is 0.209. The molecule has 23 heteroatoms. The zero-order valence-corrected chi connectivity index (χ0v) is 66.2. The smallest absolute Gasteiger partial charge is 0.406 e. The molecule has 18 heterocycles. The molecule has 114 heavy (non-hydrogen) atoms. The third-order valence-electron chi connectivity index (χ3n) is 21.5. The lowest BCUT2D eigenvalue weighted by molar-refractivity contribution is -0.658. The second kappa shape index (κ2) is 30.5. The van der Waals surface area contributed by atoms with Crippen LogP contribution in [0.1, 0.15) is 101 Å². The van der Waals surface area contributed by atoms with Crippen LogP contribution in [-0.4, -0.2) is 49.2 Å². The van der Waals surface area contributed by atoms with Crippen molar-refractivity contribution in [2.24, 2.45) is 35.2 Å². The van der Waals surface area contributed by atoms with Crippen LogP contribution in [0.2, 0.25) is 34.1 Å². The van der Waals surface area contributed by atoms with Crippen LogP contribution >= 0.6 is 0 Å². The first-order valence-corrected chi connectivity index (χ1v) is 38.0. The number of benzene rings is 2. The van der Waals surface area contributed by atoms with E-state index in [-0.39, 0.29) is 45.4 Å². The molecule has 0 unspecified atom stereocenters. The van der Waals surface area contributed by atoms with Gasteiger partial charge in [0.15, 0.2) is 0 Å². The first-order valence-electron chi connectivity index (χ1n) is 45.5. The molecule has 0 radical (unpaired) electrons. The number of nitrogens with zero attached hydrogens (tertiary/aromatic N) is 13. The highest BCUT2D eigenvalue weighted by Crippen LogP contribution is 2.47. The molecule has 0 amide bonds. The lowest BCUT2D eigenvalue weighted by atomic mass is 9.59. The van der Waals surface area contributed by atoms with Crippen molar-refractivity contribution in [3.63, 3.8) is 0 Å². The van der Waals surface area contributed by atoms with Crippen molar-refractivity contribution in [3.05, 3.63) is 280 Å². The van der Waals surface area contributed by atoms with Gasteiger partial charge in [-0.15, -0.1) is 0 Å². The Morgan fingerprint density at radius 3 is 1.09 bits per heavy atom. The standard InChI is InChI=1S/C20H22BN2O.C19H20BN2O.C18H19BN3O.2C17H17BN3O/c1-13-10-18(22(5)12-15(13)3)23-20-19(14(2)11-21(23)4)16-8-6-7-9-17(16)24-20;1-13-9-10-21(4)17(11-13)22-19-18(14(2)12-20(22)3)15-7-5-6-8-16(15)23-19;1-12-10-16(21(4)11-13(12)2)22-18-15(7-8-19(22)3)14-6-5-9-20-17(14)23-18;1-12-7-10-20(3)15(11-12)21-17-14(6-8-18(21)2)13-5-4-9-19-16(13)22-17;1-12-6-7-15(20(3)11-12)21-17-14(8-9-18(21)2)13-5-4-10-19-16(13)22-17/h6-12H,1-5H3;5-12H,1-4H3;5-11H,1-4H3;2*4-11H,1-3H3/q5*+1/i2D3,3D3;2*2D3;;1D3. The predicted octanol–water partition coefficient (Wildman–Crippen LogP) is 19.0. The molecule has 0 saturated carbocycles. The number of hydrogen-bond donors (Lipinski definition) is 0. The first-order chi connectivity index (χ1) is 60.9. The number of fused-ring (bicyclic) bond motifs is 15. The summed E-state index contributed by atoms with van der Waals surface area (Å²) in [6, 6.07) is 42.3. The van der Waals surface area contributed by atoms with E-state index in [1.807, 2.05) is 182 Å². The number of allylic oxidation sites excluding steroid dienone is 2. The average molecular weight is 1520 g/mol. The first kappa shape index (κ1) is 59.2. The minimum Gasteiger partial charge on any atom is -0.423 e. The zero-order valence-electron chi connectivity index (χ0n) is 81.2. The Kier molecular flexibility index (Phi) is 15.8. The van der Waals surface area contributed by atoms with Gasteiger partial charge < -0.3 is 22.1 Å². The van der Waals surface area contributed by atoms with Crippen LogP contribution in [-0.2, 0) is 35.2 Å². The van der Waals surface area contributed by atoms with Gasteiger partial charge in [-0.05, 0) is 213 Å². The fourth-order valence-corrected chi connectivity index (χ4v) is 15.6. The normalized spacial score (nSPS) is 16.4. The Morgan fingerprint density at radius 2 is 0.702 bits per heavy atom. The van der Waals surface area contributed by atoms with Gasteiger partial charge >= 0.3 is 34.2 Å². The van der Waals surface area contributed by atoms with E-state index in [0.29, 0.717) is 79.3 Å². The van der Waals surface area contributed by atoms with E-state index >= 15 is 0 Å². The lowest BCUT2D eigenvalue weighted by Gasteiger charge is -2.24. The molecule has 0 fully saturated rings. The molecule has 13 aromatic heterocycles. The predicted molar refractivity (Wildman–Crippen MR) is 469 cm³/mol. The fourth-order valence-electron chi connectivity index (χ4n) is 15.6. The average Bonchev–Trinajstić information content (AvgIpc) is 1.59. The summed E-state index contributed by atoms with van der Waals surface area (Å²) < 4.78 is 157. The molecule has 5 aliphatic rings. The molecule has 2 aromatic carbocycles. The minimum absolute atomic E-state index is 0.0623. The summed E-state index contributed by atoms with van der Waals surface area (Å²) in [5.41, 5.74) is 12.8. The SMILES string of the molecule is CB1C=Cc2c(oc3ncccc23)N1c1cc(C)cc[n+]1C.[2H]C([2H])([2H])C1=CB(C)N(c2cc(C)c(C([2H])([2H])[2H])c[n+]2C)c2oc3ccccc3c21.[2H]C([2H])([2H])C1=CB(C)N(c2cc(C)cc[n+]2C)c2oc3ccccc3c21.[2H]C([2H])([2H])c1c[n+](C)c(N2B(C)C=Cc3c2oc2ncccc32)cc1C.[2H]C([2H])([2H])c1ccc(N2B(C)C=Cc3c2oc2ncccc32)[n+](C)c1. The van der Waals surface area contributed by atoms with Gasteiger partial charge in [-0.3, -0.25) is 24.1 Å². The van der Waals surface area contributed by atoms with E-state index in [1.54, 1.807) is 67.8 Å². The van der Waals surface area contributed by atoms with Crippen LogP contribution in [0.15, 0.2) is 235 Å². The monoisotopic (exact) mass is 1520 g/mol. The lowest BCUT2D eigenvalue weighted by Crippen LogP contribution is -2.44. The molecule has 0 saturated heterocycles. The van der Waals surface area contributed by atoms with Gasteiger partial charge in [0, 0.05) is 80.3 Å². The van der Waals surface area contributed by atoms with E-state index in [4.69, 9.17) is 42.6 Å². The van der Waals surface area contributed by atoms with E-state index in [1.165, 1.54) is 5.56 Å². The zero-order chi connectivity index (χ0) is 92.3. The number of pyridine rings is 8. The largest absolute Gasteiger partial charge is 0.423 e. The molecule has 20 rings (SSSR count). The Balaban J connectivity index is 0.000000119. The highest BCUT2D eigenvalue weighted by atomic mass is 16.4. The van der Waals surface area contributed by atoms with E-state index < -0.39 is 34.3 Å². The van der Waals surface area contributed by atoms with Gasteiger partial charge in [-0.1, -0.05) is 84.5 Å². The molecule has 0 spiro atoms. The summed E-state index contributed by atoms with van der Waals surface area (Å²) in [4.78, 5) is 23.3. The summed E-state index contributed by atoms with van der Waals surface area (Å²) in [5, 5.41) is 4.56. The number of aryl methyl sites for hydroxylation is 12. The quantitative estimate of drug-likeness (QED) is 0.119. The third kappa shape index (κ3) is 13.8. The number of rotatable bonds is 5. The third-order valence-corrected chi connectivity index (χ3v) is 21.5. The Labute approximate surface area is 689 Å². The van der Waals surface area contributed by atoms with Gasteiger partial charge in [0.05, 0.1) is 110 Å². The maximum Gasteiger partial charge on any atom is 0.406 e. The molecule has 0 N–H and O–H groups in total.